The lowest BCUT2D eigenvalue weighted by atomic mass is 9.81. The molecule has 1 aromatic carbocycles. The number of rotatable bonds is 3. The van der Waals surface area contributed by atoms with Crippen molar-refractivity contribution in [3.8, 4) is 0 Å². The molecule has 0 bridgehead atoms. The van der Waals surface area contributed by atoms with E-state index in [-0.39, 0.29) is 5.91 Å². The summed E-state index contributed by atoms with van der Waals surface area (Å²) in [6, 6.07) is 11.0. The third kappa shape index (κ3) is 3.41. The number of aryl methyl sites for hydroxylation is 1. The summed E-state index contributed by atoms with van der Waals surface area (Å²) in [7, 11) is 0. The average Bonchev–Trinajstić information content (AvgIpc) is 3.41. The van der Waals surface area contributed by atoms with Gasteiger partial charge in [0.1, 0.15) is 5.56 Å². The monoisotopic (exact) mass is 390 g/mol. The van der Waals surface area contributed by atoms with Gasteiger partial charge >= 0.3 is 0 Å². The van der Waals surface area contributed by atoms with Crippen LogP contribution in [0.3, 0.4) is 0 Å². The standard InChI is InChI=1S/C22H26N6O/c1-15-10-23-21-19(12-25-28(21)13-15)22(29)27-9-5-8-17(14-27)20-18(11-24-26-20)16-6-3-2-4-7-16/h2-4,6-7,10,12-13,17-18,20,24,26H,5,8-9,11,14H2,1H3. The fourth-order valence-electron chi connectivity index (χ4n) is 4.76. The summed E-state index contributed by atoms with van der Waals surface area (Å²) >= 11 is 0. The molecule has 1 amide bonds. The van der Waals surface area contributed by atoms with Gasteiger partial charge in [0.25, 0.3) is 5.91 Å². The van der Waals surface area contributed by atoms with Gasteiger partial charge in [-0.15, -0.1) is 0 Å². The second-order valence-corrected chi connectivity index (χ2v) is 8.18. The Balaban J connectivity index is 1.35. The molecule has 7 heteroatoms. The summed E-state index contributed by atoms with van der Waals surface area (Å²) in [4.78, 5) is 19.7. The number of hydrogen-bond acceptors (Lipinski definition) is 5. The lowest BCUT2D eigenvalue weighted by Gasteiger charge is -2.37. The Labute approximate surface area is 170 Å². The first-order valence-electron chi connectivity index (χ1n) is 10.3. The Hall–Kier alpha value is -2.77. The molecular weight excluding hydrogens is 364 g/mol. The van der Waals surface area contributed by atoms with Crippen LogP contribution in [0, 0.1) is 12.8 Å². The molecule has 0 aliphatic carbocycles. The van der Waals surface area contributed by atoms with Gasteiger partial charge in [-0.3, -0.25) is 15.6 Å². The molecule has 2 aliphatic rings. The number of amides is 1. The Morgan fingerprint density at radius 2 is 2.07 bits per heavy atom. The van der Waals surface area contributed by atoms with E-state index in [1.165, 1.54) is 5.56 Å². The summed E-state index contributed by atoms with van der Waals surface area (Å²) in [5.41, 5.74) is 10.4. The van der Waals surface area contributed by atoms with Gasteiger partial charge in [-0.05, 0) is 36.8 Å². The van der Waals surface area contributed by atoms with Crippen molar-refractivity contribution in [2.75, 3.05) is 19.6 Å². The second-order valence-electron chi connectivity index (χ2n) is 8.18. The molecule has 29 heavy (non-hydrogen) atoms. The Morgan fingerprint density at radius 1 is 1.21 bits per heavy atom. The van der Waals surface area contributed by atoms with Gasteiger partial charge in [0, 0.05) is 44.0 Å². The molecule has 2 saturated heterocycles. The first-order valence-corrected chi connectivity index (χ1v) is 10.3. The van der Waals surface area contributed by atoms with Crippen molar-refractivity contribution in [2.24, 2.45) is 5.92 Å². The van der Waals surface area contributed by atoms with Gasteiger partial charge in [-0.1, -0.05) is 30.3 Å². The summed E-state index contributed by atoms with van der Waals surface area (Å²) in [6.07, 6.45) is 7.47. The number of carbonyl (C=O) groups excluding carboxylic acids is 1. The number of benzene rings is 1. The maximum absolute atomic E-state index is 13.3. The van der Waals surface area contributed by atoms with Crippen molar-refractivity contribution in [3.63, 3.8) is 0 Å². The summed E-state index contributed by atoms with van der Waals surface area (Å²) < 4.78 is 1.69. The third-order valence-corrected chi connectivity index (χ3v) is 6.22. The van der Waals surface area contributed by atoms with E-state index in [0.29, 0.717) is 29.1 Å². The fraction of sp³-hybridized carbons (Fsp3) is 0.409. The van der Waals surface area contributed by atoms with Crippen LogP contribution in [0.15, 0.2) is 48.9 Å². The van der Waals surface area contributed by atoms with E-state index in [4.69, 9.17) is 0 Å². The van der Waals surface area contributed by atoms with Crippen molar-refractivity contribution in [1.82, 2.24) is 30.3 Å². The molecular formula is C22H26N6O. The van der Waals surface area contributed by atoms with E-state index in [2.05, 4.69) is 51.3 Å². The molecule has 4 heterocycles. The molecule has 3 atom stereocenters. The number of piperidine rings is 1. The molecule has 5 rings (SSSR count). The van der Waals surface area contributed by atoms with E-state index in [9.17, 15) is 4.79 Å². The van der Waals surface area contributed by atoms with Gasteiger partial charge < -0.3 is 4.90 Å². The molecule has 2 aromatic heterocycles. The highest BCUT2D eigenvalue weighted by Crippen LogP contribution is 2.32. The normalized spacial score (nSPS) is 24.9. The van der Waals surface area contributed by atoms with Crippen LogP contribution in [0.4, 0.5) is 0 Å². The van der Waals surface area contributed by atoms with Crippen molar-refractivity contribution in [3.05, 3.63) is 65.6 Å². The topological polar surface area (TPSA) is 74.6 Å². The van der Waals surface area contributed by atoms with Crippen LogP contribution < -0.4 is 10.9 Å². The number of aromatic nitrogens is 3. The van der Waals surface area contributed by atoms with Crippen molar-refractivity contribution in [1.29, 1.82) is 0 Å². The second kappa shape index (κ2) is 7.57. The molecule has 2 fully saturated rings. The zero-order chi connectivity index (χ0) is 19.8. The molecule has 3 aromatic rings. The lowest BCUT2D eigenvalue weighted by molar-refractivity contribution is 0.0646. The van der Waals surface area contributed by atoms with E-state index < -0.39 is 0 Å². The minimum Gasteiger partial charge on any atom is -0.338 e. The first kappa shape index (κ1) is 18.3. The quantitative estimate of drug-likeness (QED) is 0.717. The largest absolute Gasteiger partial charge is 0.338 e. The maximum atomic E-state index is 13.3. The van der Waals surface area contributed by atoms with Crippen LogP contribution in [-0.2, 0) is 0 Å². The van der Waals surface area contributed by atoms with Crippen LogP contribution in [0.25, 0.3) is 5.65 Å². The average molecular weight is 390 g/mol. The van der Waals surface area contributed by atoms with Crippen LogP contribution in [0.5, 0.6) is 0 Å². The number of nitrogens with one attached hydrogen (secondary N) is 2. The summed E-state index contributed by atoms with van der Waals surface area (Å²) in [5.74, 6) is 0.853. The van der Waals surface area contributed by atoms with E-state index in [1.807, 2.05) is 18.0 Å². The van der Waals surface area contributed by atoms with Gasteiger partial charge in [-0.2, -0.15) is 5.10 Å². The highest BCUT2D eigenvalue weighted by molar-refractivity contribution is 5.99. The van der Waals surface area contributed by atoms with E-state index in [0.717, 1.165) is 38.0 Å². The highest BCUT2D eigenvalue weighted by Gasteiger charge is 2.38. The third-order valence-electron chi connectivity index (χ3n) is 6.22. The molecule has 2 N–H and O–H groups in total. The van der Waals surface area contributed by atoms with Gasteiger partial charge in [0.15, 0.2) is 5.65 Å². The lowest BCUT2D eigenvalue weighted by Crippen LogP contribution is -2.48. The first-order chi connectivity index (χ1) is 14.2. The number of likely N-dealkylation sites (tertiary alicyclic amines) is 1. The molecule has 0 radical (unpaired) electrons. The SMILES string of the molecule is Cc1cnc2c(C(=O)N3CCCC(C4NNCC4c4ccccc4)C3)cnn2c1. The molecule has 0 spiro atoms. The predicted octanol–water partition coefficient (Wildman–Crippen LogP) is 2.15. The van der Waals surface area contributed by atoms with Crippen LogP contribution in [-0.4, -0.2) is 51.1 Å². The molecule has 3 unspecified atom stereocenters. The van der Waals surface area contributed by atoms with Gasteiger partial charge in [0.2, 0.25) is 0 Å². The smallest absolute Gasteiger partial charge is 0.259 e. The summed E-state index contributed by atoms with van der Waals surface area (Å²) in [6.45, 7) is 4.42. The number of nitrogens with zero attached hydrogens (tertiary/aromatic N) is 4. The zero-order valence-corrected chi connectivity index (χ0v) is 16.6. The number of fused-ring (bicyclic) bond motifs is 1. The highest BCUT2D eigenvalue weighted by atomic mass is 16.2. The van der Waals surface area contributed by atoms with Crippen LogP contribution in [0.2, 0.25) is 0 Å². The minimum absolute atomic E-state index is 0.0308. The van der Waals surface area contributed by atoms with Crippen LogP contribution in [0.1, 0.15) is 40.2 Å². The van der Waals surface area contributed by atoms with Crippen LogP contribution >= 0.6 is 0 Å². The maximum Gasteiger partial charge on any atom is 0.259 e. The Morgan fingerprint density at radius 3 is 2.93 bits per heavy atom. The molecule has 0 saturated carbocycles. The number of hydrogen-bond donors (Lipinski definition) is 2. The number of hydrazine groups is 1. The Kier molecular flexibility index (Phi) is 4.77. The molecule has 7 nitrogen and oxygen atoms in total. The van der Waals surface area contributed by atoms with Crippen molar-refractivity contribution >= 4 is 11.6 Å². The predicted molar refractivity (Wildman–Crippen MR) is 110 cm³/mol. The van der Waals surface area contributed by atoms with Crippen molar-refractivity contribution < 1.29 is 4.79 Å². The Bertz CT molecular complexity index is 1020. The van der Waals surface area contributed by atoms with Gasteiger partial charge in [-0.25, -0.2) is 9.50 Å². The summed E-state index contributed by atoms with van der Waals surface area (Å²) in [5, 5.41) is 4.33. The fourth-order valence-corrected chi connectivity index (χ4v) is 4.76. The zero-order valence-electron chi connectivity index (χ0n) is 16.6. The van der Waals surface area contributed by atoms with E-state index >= 15 is 0 Å². The number of carbonyl (C=O) groups is 1. The molecule has 2 aliphatic heterocycles. The van der Waals surface area contributed by atoms with Crippen molar-refractivity contribution in [2.45, 2.75) is 31.7 Å². The molecule has 150 valence electrons. The van der Waals surface area contributed by atoms with Gasteiger partial charge in [0.05, 0.1) is 6.20 Å². The van der Waals surface area contributed by atoms with E-state index in [1.54, 1.807) is 16.9 Å². The minimum atomic E-state index is 0.0308.